The SMILES string of the molecule is Cc1cc2c3c(c1)N(c1ccc4c(c1)C(C)(C)CCC4(C)C)c1c(oc4cc5c(cc14)C(C)(C)CCC5(C)C)B3c1ccc(-c3ccccc3-c3ccccc3)cc1N2c1cc2c(cc1-c1ccccc1)C(C)(C)CCC2(C)C. The van der Waals surface area contributed by atoms with Crippen LogP contribution in [-0.4, -0.2) is 6.71 Å². The summed E-state index contributed by atoms with van der Waals surface area (Å²) in [6.07, 6.45) is 6.89. The maximum absolute atomic E-state index is 7.78. The van der Waals surface area contributed by atoms with Crippen molar-refractivity contribution in [3.63, 3.8) is 0 Å². The zero-order valence-corrected chi connectivity index (χ0v) is 49.1. The lowest BCUT2D eigenvalue weighted by Crippen LogP contribution is -2.61. The summed E-state index contributed by atoms with van der Waals surface area (Å²) in [5.74, 6) is 0. The van der Waals surface area contributed by atoms with Gasteiger partial charge in [-0.3, -0.25) is 0 Å². The Hall–Kier alpha value is -7.04. The van der Waals surface area contributed by atoms with Gasteiger partial charge in [-0.25, -0.2) is 0 Å². The Bertz CT molecular complexity index is 4000. The van der Waals surface area contributed by atoms with Crippen molar-refractivity contribution in [1.82, 2.24) is 0 Å². The molecule has 0 fully saturated rings. The summed E-state index contributed by atoms with van der Waals surface area (Å²) < 4.78 is 7.78. The van der Waals surface area contributed by atoms with Gasteiger partial charge in [-0.15, -0.1) is 0 Å². The van der Waals surface area contributed by atoms with Gasteiger partial charge in [0, 0.05) is 33.7 Å². The average Bonchev–Trinajstić information content (AvgIpc) is 2.91. The van der Waals surface area contributed by atoms with Crippen molar-refractivity contribution in [2.75, 3.05) is 9.80 Å². The van der Waals surface area contributed by atoms with Crippen LogP contribution in [0.2, 0.25) is 0 Å². The molecule has 79 heavy (non-hydrogen) atoms. The quantitative estimate of drug-likeness (QED) is 0.160. The highest BCUT2D eigenvalue weighted by Gasteiger charge is 2.50. The second-order valence-electron chi connectivity index (χ2n) is 28.5. The molecule has 3 aliphatic carbocycles. The molecule has 9 aromatic rings. The normalized spacial score (nSPS) is 19.2. The van der Waals surface area contributed by atoms with Crippen molar-refractivity contribution < 1.29 is 4.42 Å². The lowest BCUT2D eigenvalue weighted by Gasteiger charge is -2.46. The van der Waals surface area contributed by atoms with E-state index < -0.39 is 0 Å². The van der Waals surface area contributed by atoms with E-state index >= 15 is 0 Å². The van der Waals surface area contributed by atoms with Crippen LogP contribution in [0, 0.1) is 6.92 Å². The van der Waals surface area contributed by atoms with Gasteiger partial charge < -0.3 is 14.2 Å². The molecule has 1 aromatic heterocycles. The zero-order chi connectivity index (χ0) is 54.9. The maximum Gasteiger partial charge on any atom is 0.297 e. The van der Waals surface area contributed by atoms with Crippen LogP contribution in [0.15, 0.2) is 162 Å². The van der Waals surface area contributed by atoms with E-state index in [4.69, 9.17) is 4.42 Å². The molecule has 0 saturated heterocycles. The van der Waals surface area contributed by atoms with E-state index in [-0.39, 0.29) is 39.2 Å². The highest BCUT2D eigenvalue weighted by molar-refractivity contribution is 7.00. The molecule has 8 aromatic carbocycles. The number of benzene rings is 8. The molecule has 0 amide bonds. The van der Waals surface area contributed by atoms with Crippen molar-refractivity contribution in [3.8, 4) is 33.4 Å². The van der Waals surface area contributed by atoms with Gasteiger partial charge in [0.25, 0.3) is 6.71 Å². The zero-order valence-electron chi connectivity index (χ0n) is 49.1. The second-order valence-corrected chi connectivity index (χ2v) is 28.5. The first-order valence-electron chi connectivity index (χ1n) is 29.6. The van der Waals surface area contributed by atoms with Crippen LogP contribution in [0.5, 0.6) is 0 Å². The fourth-order valence-electron chi connectivity index (χ4n) is 15.3. The van der Waals surface area contributed by atoms with Crippen LogP contribution in [0.4, 0.5) is 34.1 Å². The highest BCUT2D eigenvalue weighted by atomic mass is 16.3. The third kappa shape index (κ3) is 7.58. The molecule has 5 aliphatic rings. The molecule has 3 nitrogen and oxygen atoms in total. The first-order valence-corrected chi connectivity index (χ1v) is 29.6. The van der Waals surface area contributed by atoms with E-state index in [1.165, 1.54) is 129 Å². The van der Waals surface area contributed by atoms with Crippen LogP contribution in [-0.2, 0) is 32.5 Å². The number of nitrogens with zero attached hydrogens (tertiary/aromatic N) is 2. The summed E-state index contributed by atoms with van der Waals surface area (Å²) >= 11 is 0. The Morgan fingerprint density at radius 2 is 0.861 bits per heavy atom. The number of hydrogen-bond acceptors (Lipinski definition) is 3. The van der Waals surface area contributed by atoms with Gasteiger partial charge in [-0.1, -0.05) is 186 Å². The minimum absolute atomic E-state index is 0.0183. The second kappa shape index (κ2) is 17.0. The van der Waals surface area contributed by atoms with Crippen molar-refractivity contribution >= 4 is 68.4 Å². The number of anilines is 6. The molecule has 0 N–H and O–H groups in total. The number of hydrogen-bond donors (Lipinski definition) is 0. The number of aryl methyl sites for hydroxylation is 1. The third-order valence-electron chi connectivity index (χ3n) is 20.5. The van der Waals surface area contributed by atoms with Gasteiger partial charge in [0.2, 0.25) is 0 Å². The fraction of sp³-hybridized carbons (Fsp3) is 0.333. The van der Waals surface area contributed by atoms with E-state index in [1.807, 2.05) is 0 Å². The fourth-order valence-corrected chi connectivity index (χ4v) is 15.3. The van der Waals surface area contributed by atoms with E-state index in [1.54, 1.807) is 0 Å². The Morgan fingerprint density at radius 1 is 0.380 bits per heavy atom. The van der Waals surface area contributed by atoms with Crippen molar-refractivity contribution in [1.29, 1.82) is 0 Å². The van der Waals surface area contributed by atoms with Gasteiger partial charge in [0.15, 0.2) is 0 Å². The predicted octanol–water partition coefficient (Wildman–Crippen LogP) is 18.9. The van der Waals surface area contributed by atoms with Gasteiger partial charge in [0.05, 0.1) is 17.0 Å². The van der Waals surface area contributed by atoms with Crippen LogP contribution in [0.25, 0.3) is 44.3 Å². The smallest absolute Gasteiger partial charge is 0.297 e. The van der Waals surface area contributed by atoms with Crippen LogP contribution in [0.1, 0.15) is 161 Å². The standard InChI is InChI=1S/C75H77BN2O/c1-46-38-64-67-65(39-46)78(62-44-59-57(72(6,7)34-36-74(59,10)11)42-53(62)48-24-18-15-19-25-48)63-40-49(52-27-21-20-26-51(52)47-22-16-14-17-23-47)28-31-61(63)76(67)69-68(54-43-58-60(45-66(54)79-69)75(12,13)37-35-73(58,8)9)77(64)50-29-30-55-56(41-50)71(4,5)33-32-70(55,2)3/h14-31,38-45H,32-37H2,1-13H3. The van der Waals surface area contributed by atoms with Gasteiger partial charge >= 0.3 is 0 Å². The summed E-state index contributed by atoms with van der Waals surface area (Å²) in [7, 11) is 0. The van der Waals surface area contributed by atoms with E-state index in [9.17, 15) is 0 Å². The molecule has 0 saturated carbocycles. The van der Waals surface area contributed by atoms with Gasteiger partial charge in [0.1, 0.15) is 5.58 Å². The van der Waals surface area contributed by atoms with Gasteiger partial charge in [-0.05, 0) is 210 Å². The third-order valence-corrected chi connectivity index (χ3v) is 20.5. The van der Waals surface area contributed by atoms with Crippen LogP contribution in [0.3, 0.4) is 0 Å². The molecular formula is C75H77BN2O. The Balaban J connectivity index is 1.12. The predicted molar refractivity (Wildman–Crippen MR) is 337 cm³/mol. The van der Waals surface area contributed by atoms with Gasteiger partial charge in [-0.2, -0.15) is 0 Å². The summed E-state index contributed by atoms with van der Waals surface area (Å²) in [4.78, 5) is 5.35. The van der Waals surface area contributed by atoms with E-state index in [0.29, 0.717) is 0 Å². The Labute approximate surface area is 471 Å². The maximum atomic E-state index is 7.78. The minimum Gasteiger partial charge on any atom is -0.468 e. The topological polar surface area (TPSA) is 19.6 Å². The van der Waals surface area contributed by atoms with E-state index in [0.717, 1.165) is 43.3 Å². The number of fused-ring (bicyclic) bond motifs is 9. The molecule has 0 spiro atoms. The monoisotopic (exact) mass is 1030 g/mol. The highest BCUT2D eigenvalue weighted by Crippen LogP contribution is 2.56. The molecule has 0 unspecified atom stereocenters. The molecule has 0 radical (unpaired) electrons. The Kier molecular flexibility index (Phi) is 10.8. The molecule has 2 aliphatic heterocycles. The first kappa shape index (κ1) is 50.2. The summed E-state index contributed by atoms with van der Waals surface area (Å²) in [5.41, 5.74) is 29.2. The summed E-state index contributed by atoms with van der Waals surface area (Å²) in [5, 5.41) is 1.20. The van der Waals surface area contributed by atoms with Crippen LogP contribution < -0.4 is 26.4 Å². The lowest BCUT2D eigenvalue weighted by molar-refractivity contribution is 0.332. The van der Waals surface area contributed by atoms with Crippen LogP contribution >= 0.6 is 0 Å². The lowest BCUT2D eigenvalue weighted by atomic mass is 9.35. The molecule has 0 atom stereocenters. The van der Waals surface area contributed by atoms with Crippen molar-refractivity contribution in [3.05, 3.63) is 197 Å². The average molecular weight is 1030 g/mol. The Morgan fingerprint density at radius 3 is 1.46 bits per heavy atom. The summed E-state index contributed by atoms with van der Waals surface area (Å²) in [6, 6.07) is 61.2. The molecule has 396 valence electrons. The largest absolute Gasteiger partial charge is 0.468 e. The molecule has 0 bridgehead atoms. The summed E-state index contributed by atoms with van der Waals surface area (Å²) in [6.45, 7) is 31.6. The number of furan rings is 1. The molecule has 4 heteroatoms. The van der Waals surface area contributed by atoms with Crippen molar-refractivity contribution in [2.24, 2.45) is 0 Å². The van der Waals surface area contributed by atoms with E-state index in [2.05, 4.69) is 258 Å². The molecule has 14 rings (SSSR count). The molecular weight excluding hydrogens is 956 g/mol. The van der Waals surface area contributed by atoms with Crippen molar-refractivity contribution in [2.45, 2.75) is 161 Å². The minimum atomic E-state index is -0.187. The number of rotatable bonds is 5. The molecule has 3 heterocycles. The first-order chi connectivity index (χ1) is 37.5.